The van der Waals surface area contributed by atoms with E-state index in [0.717, 1.165) is 59.4 Å². The second-order valence-electron chi connectivity index (χ2n) is 9.16. The van der Waals surface area contributed by atoms with Gasteiger partial charge in [-0.25, -0.2) is 0 Å². The quantitative estimate of drug-likeness (QED) is 0.303. The number of hydroxylamine groups is 1. The maximum atomic E-state index is 11.7. The summed E-state index contributed by atoms with van der Waals surface area (Å²) in [5.41, 5.74) is 5.16. The smallest absolute Gasteiger partial charge is 0.303 e. The Hall–Kier alpha value is -2.96. The van der Waals surface area contributed by atoms with Crippen molar-refractivity contribution >= 4 is 28.2 Å². The molecule has 1 aliphatic rings. The number of carbonyl (C=O) groups is 1. The van der Waals surface area contributed by atoms with Crippen molar-refractivity contribution in [3.8, 4) is 17.6 Å². The van der Waals surface area contributed by atoms with E-state index in [1.165, 1.54) is 0 Å². The van der Waals surface area contributed by atoms with Crippen LogP contribution in [-0.4, -0.2) is 54.8 Å². The molecule has 1 aliphatic heterocycles. The number of aliphatic carboxylic acids is 1. The van der Waals surface area contributed by atoms with Crippen molar-refractivity contribution in [1.82, 2.24) is 15.4 Å². The van der Waals surface area contributed by atoms with Crippen LogP contribution < -0.4 is 10.2 Å². The largest absolute Gasteiger partial charge is 0.497 e. The summed E-state index contributed by atoms with van der Waals surface area (Å²) in [5, 5.41) is 12.6. The van der Waals surface area contributed by atoms with Crippen LogP contribution in [0, 0.1) is 23.7 Å². The molecule has 0 aliphatic carbocycles. The molecule has 190 valence electrons. The molecule has 7 nitrogen and oxygen atoms in total. The normalized spacial score (nSPS) is 18.9. The van der Waals surface area contributed by atoms with Gasteiger partial charge in [-0.3, -0.25) is 14.7 Å². The summed E-state index contributed by atoms with van der Waals surface area (Å²) in [6, 6.07) is 11.9. The Morgan fingerprint density at radius 3 is 2.94 bits per heavy atom. The van der Waals surface area contributed by atoms with E-state index in [4.69, 9.17) is 9.57 Å². The van der Waals surface area contributed by atoms with E-state index >= 15 is 0 Å². The fraction of sp³-hybridized carbons (Fsp3) is 0.429. The first-order valence-electron chi connectivity index (χ1n) is 12.2. The van der Waals surface area contributed by atoms with Crippen molar-refractivity contribution in [2.45, 2.75) is 31.7 Å². The monoisotopic (exact) mass is 507 g/mol. The van der Waals surface area contributed by atoms with Crippen LogP contribution in [0.3, 0.4) is 0 Å². The highest BCUT2D eigenvalue weighted by molar-refractivity contribution is 7.10. The number of carboxylic acid groups (broad SMARTS) is 1. The van der Waals surface area contributed by atoms with Gasteiger partial charge in [-0.15, -0.1) is 11.3 Å². The van der Waals surface area contributed by atoms with Gasteiger partial charge in [0, 0.05) is 24.5 Å². The number of hydrogen-bond acceptors (Lipinski definition) is 7. The lowest BCUT2D eigenvalue weighted by atomic mass is 9.79. The van der Waals surface area contributed by atoms with Crippen molar-refractivity contribution in [1.29, 1.82) is 0 Å². The molecule has 1 fully saturated rings. The first-order valence-corrected chi connectivity index (χ1v) is 13.1. The molecule has 1 aromatic carbocycles. The van der Waals surface area contributed by atoms with Crippen molar-refractivity contribution in [3.63, 3.8) is 0 Å². The Kier molecular flexibility index (Phi) is 9.31. The maximum absolute atomic E-state index is 11.7. The molecule has 0 spiro atoms. The number of nitrogens with one attached hydrogen (secondary N) is 1. The molecule has 3 aromatic rings. The minimum atomic E-state index is -0.740. The van der Waals surface area contributed by atoms with Crippen molar-refractivity contribution in [2.24, 2.45) is 11.8 Å². The number of thiophene rings is 1. The molecule has 3 heterocycles. The number of methoxy groups -OCH3 is 1. The molecule has 1 unspecified atom stereocenters. The molecular formula is C28H33N3O4S. The van der Waals surface area contributed by atoms with Gasteiger partial charge in [0.25, 0.3) is 0 Å². The van der Waals surface area contributed by atoms with E-state index in [9.17, 15) is 9.90 Å². The van der Waals surface area contributed by atoms with Gasteiger partial charge in [0.15, 0.2) is 0 Å². The fourth-order valence-corrected chi connectivity index (χ4v) is 5.69. The van der Waals surface area contributed by atoms with Crippen LogP contribution in [0.15, 0.2) is 48.0 Å². The molecule has 0 bridgehead atoms. The Morgan fingerprint density at radius 2 is 2.19 bits per heavy atom. The Balaban J connectivity index is 1.44. The molecule has 0 amide bonds. The summed E-state index contributed by atoms with van der Waals surface area (Å²) in [6.07, 6.45) is 4.68. The molecule has 2 N–H and O–H groups in total. The van der Waals surface area contributed by atoms with E-state index in [-0.39, 0.29) is 18.4 Å². The molecule has 8 heteroatoms. The van der Waals surface area contributed by atoms with Crippen LogP contribution in [0.1, 0.15) is 42.2 Å². The van der Waals surface area contributed by atoms with Crippen LogP contribution in [0.5, 0.6) is 5.75 Å². The van der Waals surface area contributed by atoms with E-state index in [1.807, 2.05) is 48.0 Å². The van der Waals surface area contributed by atoms with Gasteiger partial charge >= 0.3 is 5.97 Å². The number of piperidine rings is 1. The summed E-state index contributed by atoms with van der Waals surface area (Å²) in [5.74, 6) is 6.93. The minimum absolute atomic E-state index is 0.0484. The average molecular weight is 508 g/mol. The lowest BCUT2D eigenvalue weighted by molar-refractivity contribution is -0.139. The Morgan fingerprint density at radius 1 is 1.31 bits per heavy atom. The summed E-state index contributed by atoms with van der Waals surface area (Å²) in [4.78, 5) is 24.9. The van der Waals surface area contributed by atoms with Crippen LogP contribution in [0.2, 0.25) is 0 Å². The van der Waals surface area contributed by atoms with Gasteiger partial charge in [-0.2, -0.15) is 5.48 Å². The zero-order valence-electron chi connectivity index (χ0n) is 20.8. The number of fused-ring (bicyclic) bond motifs is 1. The zero-order chi connectivity index (χ0) is 25.3. The number of benzene rings is 1. The van der Waals surface area contributed by atoms with E-state index < -0.39 is 5.97 Å². The van der Waals surface area contributed by atoms with Gasteiger partial charge < -0.3 is 14.7 Å². The van der Waals surface area contributed by atoms with E-state index in [1.54, 1.807) is 25.6 Å². The maximum Gasteiger partial charge on any atom is 0.303 e. The van der Waals surface area contributed by atoms with E-state index in [2.05, 4.69) is 27.2 Å². The highest BCUT2D eigenvalue weighted by Crippen LogP contribution is 2.34. The summed E-state index contributed by atoms with van der Waals surface area (Å²) < 4.78 is 5.43. The molecular weight excluding hydrogens is 474 g/mol. The number of likely N-dealkylation sites (tertiary alicyclic amines) is 1. The first-order chi connectivity index (χ1) is 17.6. The molecule has 4 rings (SSSR count). The molecule has 3 atom stereocenters. The summed E-state index contributed by atoms with van der Waals surface area (Å²) >= 11 is 1.64. The predicted octanol–water partition coefficient (Wildman–Crippen LogP) is 4.74. The lowest BCUT2D eigenvalue weighted by Crippen LogP contribution is -2.41. The van der Waals surface area contributed by atoms with Crippen LogP contribution in [0.25, 0.3) is 10.9 Å². The molecule has 36 heavy (non-hydrogen) atoms. The van der Waals surface area contributed by atoms with Crippen molar-refractivity contribution in [3.05, 3.63) is 58.4 Å². The van der Waals surface area contributed by atoms with Gasteiger partial charge in [-0.05, 0) is 78.9 Å². The topological polar surface area (TPSA) is 83.9 Å². The van der Waals surface area contributed by atoms with Crippen molar-refractivity contribution in [2.75, 3.05) is 33.9 Å². The van der Waals surface area contributed by atoms with Crippen LogP contribution >= 0.6 is 11.3 Å². The highest BCUT2D eigenvalue weighted by Gasteiger charge is 2.31. The van der Waals surface area contributed by atoms with Gasteiger partial charge in [-0.1, -0.05) is 17.9 Å². The number of carboxylic acids is 1. The average Bonchev–Trinajstić information content (AvgIpc) is 3.40. The van der Waals surface area contributed by atoms with Gasteiger partial charge in [0.1, 0.15) is 5.75 Å². The number of aromatic nitrogens is 1. The number of pyridine rings is 1. The summed E-state index contributed by atoms with van der Waals surface area (Å²) in [6.45, 7) is 2.35. The Bertz CT molecular complexity index is 1200. The van der Waals surface area contributed by atoms with Gasteiger partial charge in [0.05, 0.1) is 37.2 Å². The number of hydrogen-bond donors (Lipinski definition) is 2. The first kappa shape index (κ1) is 26.1. The molecule has 0 saturated carbocycles. The third-order valence-electron chi connectivity index (χ3n) is 6.89. The van der Waals surface area contributed by atoms with Gasteiger partial charge in [0.2, 0.25) is 0 Å². The second kappa shape index (κ2) is 12.8. The summed E-state index contributed by atoms with van der Waals surface area (Å²) in [7, 11) is 3.28. The van der Waals surface area contributed by atoms with Crippen LogP contribution in [-0.2, 0) is 9.63 Å². The Labute approximate surface area is 216 Å². The van der Waals surface area contributed by atoms with Crippen LogP contribution in [0.4, 0.5) is 0 Å². The highest BCUT2D eigenvalue weighted by atomic mass is 32.1. The third-order valence-corrected chi connectivity index (χ3v) is 7.68. The predicted molar refractivity (Wildman–Crippen MR) is 142 cm³/mol. The van der Waals surface area contributed by atoms with Crippen molar-refractivity contribution < 1.29 is 19.5 Å². The standard InChI is InChI=1S/C28H33N3O4S/c1-34-22-8-10-26-25(18-22)24(11-13-29-26)27(30-35-2)9-7-20-12-15-31(19-21(20)17-28(32)33)14-3-5-23-6-4-16-36-23/h4,6,8,10-11,13,16,18,20-21,27,30H,7,9,12,14-15,17,19H2,1-2H3,(H,32,33)/t20-,21+,27?/m1/s1. The molecule has 1 saturated heterocycles. The number of ether oxygens (including phenoxy) is 1. The lowest BCUT2D eigenvalue weighted by Gasteiger charge is -2.38. The molecule has 2 aromatic heterocycles. The zero-order valence-corrected chi connectivity index (χ0v) is 21.6. The van der Waals surface area contributed by atoms with E-state index in [0.29, 0.717) is 12.5 Å². The SMILES string of the molecule is CONC(CC[C@@H]1CCN(CC#Cc2cccs2)C[C@@H]1CC(=O)O)c1ccnc2ccc(OC)cc12. The molecule has 0 radical (unpaired) electrons. The minimum Gasteiger partial charge on any atom is -0.497 e. The number of nitrogens with zero attached hydrogens (tertiary/aromatic N) is 2. The second-order valence-corrected chi connectivity index (χ2v) is 10.1. The fourth-order valence-electron chi connectivity index (χ4n) is 5.10. The number of rotatable bonds is 10. The third kappa shape index (κ3) is 6.83.